The second-order valence-electron chi connectivity index (χ2n) is 7.18. The number of hydrogen-bond acceptors (Lipinski definition) is 3. The quantitative estimate of drug-likeness (QED) is 0.370. The van der Waals surface area contributed by atoms with Gasteiger partial charge in [-0.2, -0.15) is 0 Å². The molecule has 2 aromatic heterocycles. The molecule has 0 spiro atoms. The van der Waals surface area contributed by atoms with Gasteiger partial charge in [-0.3, -0.25) is 4.98 Å². The average Bonchev–Trinajstić information content (AvgIpc) is 3.40. The summed E-state index contributed by atoms with van der Waals surface area (Å²) in [6.45, 7) is 0. The number of benzene rings is 2. The summed E-state index contributed by atoms with van der Waals surface area (Å²) in [6.07, 6.45) is 1.76. The standard InChI is InChI=1S/C24H17ClFN3OS/c25-16-6-10-18(11-7-16)29-23(22(28-24(29)31)19-3-1-2-14-27-19)21-13-12-20(30-21)15-4-8-17(26)9-5-15/h1-14,22-23H,(H,28,31)/t22-,23+/m0/s1. The molecule has 0 amide bonds. The lowest BCUT2D eigenvalue weighted by Gasteiger charge is -2.26. The molecule has 1 aliphatic heterocycles. The van der Waals surface area contributed by atoms with Gasteiger partial charge in [0.2, 0.25) is 0 Å². The third-order valence-electron chi connectivity index (χ3n) is 5.25. The van der Waals surface area contributed by atoms with E-state index in [0.717, 1.165) is 22.7 Å². The summed E-state index contributed by atoms with van der Waals surface area (Å²) in [5.74, 6) is 1.09. The highest BCUT2D eigenvalue weighted by Crippen LogP contribution is 2.43. The van der Waals surface area contributed by atoms with Crippen LogP contribution in [0.25, 0.3) is 11.3 Å². The molecule has 154 valence electrons. The maximum Gasteiger partial charge on any atom is 0.174 e. The van der Waals surface area contributed by atoms with Gasteiger partial charge < -0.3 is 14.6 Å². The maximum absolute atomic E-state index is 13.3. The van der Waals surface area contributed by atoms with Crippen molar-refractivity contribution in [3.05, 3.63) is 107 Å². The van der Waals surface area contributed by atoms with Gasteiger partial charge in [-0.1, -0.05) is 17.7 Å². The Bertz CT molecular complexity index is 1210. The van der Waals surface area contributed by atoms with Crippen LogP contribution in [-0.4, -0.2) is 10.1 Å². The van der Waals surface area contributed by atoms with E-state index in [0.29, 0.717) is 15.9 Å². The molecule has 1 saturated heterocycles. The number of pyridine rings is 1. The van der Waals surface area contributed by atoms with Crippen LogP contribution < -0.4 is 10.2 Å². The van der Waals surface area contributed by atoms with Gasteiger partial charge in [0.1, 0.15) is 23.4 Å². The summed E-state index contributed by atoms with van der Waals surface area (Å²) >= 11 is 11.8. The average molecular weight is 450 g/mol. The van der Waals surface area contributed by atoms with Crippen LogP contribution in [-0.2, 0) is 0 Å². The Kier molecular flexibility index (Phi) is 5.18. The van der Waals surface area contributed by atoms with E-state index >= 15 is 0 Å². The van der Waals surface area contributed by atoms with E-state index in [1.54, 1.807) is 18.3 Å². The summed E-state index contributed by atoms with van der Waals surface area (Å²) in [5.41, 5.74) is 2.55. The van der Waals surface area contributed by atoms with Crippen LogP contribution >= 0.6 is 23.8 Å². The number of halogens is 2. The molecule has 0 radical (unpaired) electrons. The molecular weight excluding hydrogens is 433 g/mol. The minimum absolute atomic E-state index is 0.211. The van der Waals surface area contributed by atoms with Crippen molar-refractivity contribution in [3.8, 4) is 11.3 Å². The molecule has 1 fully saturated rings. The van der Waals surface area contributed by atoms with Crippen molar-refractivity contribution in [2.75, 3.05) is 4.90 Å². The van der Waals surface area contributed by atoms with E-state index < -0.39 is 0 Å². The number of nitrogens with zero attached hydrogens (tertiary/aromatic N) is 2. The van der Waals surface area contributed by atoms with Crippen LogP contribution in [0.15, 0.2) is 89.5 Å². The van der Waals surface area contributed by atoms with Crippen LogP contribution in [0, 0.1) is 5.82 Å². The summed E-state index contributed by atoms with van der Waals surface area (Å²) in [6, 6.07) is 22.9. The predicted molar refractivity (Wildman–Crippen MR) is 123 cm³/mol. The van der Waals surface area contributed by atoms with Crippen molar-refractivity contribution in [3.63, 3.8) is 0 Å². The molecule has 0 aliphatic carbocycles. The summed E-state index contributed by atoms with van der Waals surface area (Å²) < 4.78 is 19.6. The van der Waals surface area contributed by atoms with E-state index in [1.807, 2.05) is 59.5 Å². The van der Waals surface area contributed by atoms with Gasteiger partial charge in [0.05, 0.1) is 11.7 Å². The zero-order valence-corrected chi connectivity index (χ0v) is 17.8. The Labute approximate surface area is 189 Å². The first-order valence-corrected chi connectivity index (χ1v) is 10.5. The van der Waals surface area contributed by atoms with Crippen LogP contribution in [0.5, 0.6) is 0 Å². The van der Waals surface area contributed by atoms with E-state index in [2.05, 4.69) is 10.3 Å². The van der Waals surface area contributed by atoms with Gasteiger partial charge in [0, 0.05) is 22.5 Å². The lowest BCUT2D eigenvalue weighted by atomic mass is 10.0. The fourth-order valence-corrected chi connectivity index (χ4v) is 4.28. The van der Waals surface area contributed by atoms with Gasteiger partial charge >= 0.3 is 0 Å². The highest BCUT2D eigenvalue weighted by molar-refractivity contribution is 7.80. The number of aromatic nitrogens is 1. The maximum atomic E-state index is 13.3. The molecule has 5 rings (SSSR count). The summed E-state index contributed by atoms with van der Waals surface area (Å²) in [5, 5.41) is 4.61. The first-order valence-electron chi connectivity index (χ1n) is 9.72. The minimum Gasteiger partial charge on any atom is -0.459 e. The number of hydrogen-bond donors (Lipinski definition) is 1. The Morgan fingerprint density at radius 1 is 0.968 bits per heavy atom. The molecule has 4 aromatic rings. The van der Waals surface area contributed by atoms with Crippen LogP contribution in [0.1, 0.15) is 23.5 Å². The number of rotatable bonds is 4. The fraction of sp³-hybridized carbons (Fsp3) is 0.0833. The molecule has 1 aliphatic rings. The molecular formula is C24H17ClFN3OS. The summed E-state index contributed by atoms with van der Waals surface area (Å²) in [7, 11) is 0. The second kappa shape index (κ2) is 8.13. The Morgan fingerprint density at radius 3 is 2.45 bits per heavy atom. The second-order valence-corrected chi connectivity index (χ2v) is 8.01. The monoisotopic (exact) mass is 449 g/mol. The Balaban J connectivity index is 1.59. The zero-order valence-electron chi connectivity index (χ0n) is 16.2. The number of anilines is 1. The molecule has 0 saturated carbocycles. The first-order chi connectivity index (χ1) is 15.1. The number of nitrogens with one attached hydrogen (secondary N) is 1. The molecule has 1 N–H and O–H groups in total. The van der Waals surface area contributed by atoms with Crippen LogP contribution in [0.4, 0.5) is 10.1 Å². The van der Waals surface area contributed by atoms with Crippen LogP contribution in [0.2, 0.25) is 5.02 Å². The Hall–Kier alpha value is -3.22. The van der Waals surface area contributed by atoms with Crippen molar-refractivity contribution in [1.82, 2.24) is 10.3 Å². The number of furan rings is 1. The van der Waals surface area contributed by atoms with Gasteiger partial charge in [-0.25, -0.2) is 4.39 Å². The van der Waals surface area contributed by atoms with Gasteiger partial charge in [0.15, 0.2) is 5.11 Å². The zero-order chi connectivity index (χ0) is 21.4. The van der Waals surface area contributed by atoms with Gasteiger partial charge in [-0.05, 0) is 85.0 Å². The Morgan fingerprint density at radius 2 is 1.74 bits per heavy atom. The molecule has 3 heterocycles. The van der Waals surface area contributed by atoms with E-state index in [-0.39, 0.29) is 17.9 Å². The highest BCUT2D eigenvalue weighted by Gasteiger charge is 2.42. The van der Waals surface area contributed by atoms with Crippen molar-refractivity contribution in [1.29, 1.82) is 0 Å². The van der Waals surface area contributed by atoms with E-state index in [1.165, 1.54) is 12.1 Å². The minimum atomic E-state index is -0.287. The molecule has 2 atom stereocenters. The molecule has 0 bridgehead atoms. The smallest absolute Gasteiger partial charge is 0.174 e. The van der Waals surface area contributed by atoms with Crippen molar-refractivity contribution < 1.29 is 8.81 Å². The third kappa shape index (κ3) is 3.80. The molecule has 7 heteroatoms. The third-order valence-corrected chi connectivity index (χ3v) is 5.82. The van der Waals surface area contributed by atoms with Crippen molar-refractivity contribution in [2.45, 2.75) is 12.1 Å². The first kappa shape index (κ1) is 19.7. The molecule has 4 nitrogen and oxygen atoms in total. The topological polar surface area (TPSA) is 41.3 Å². The molecule has 2 aromatic carbocycles. The van der Waals surface area contributed by atoms with E-state index in [9.17, 15) is 4.39 Å². The van der Waals surface area contributed by atoms with E-state index in [4.69, 9.17) is 28.2 Å². The highest BCUT2D eigenvalue weighted by atomic mass is 35.5. The van der Waals surface area contributed by atoms with Crippen molar-refractivity contribution in [2.24, 2.45) is 0 Å². The lowest BCUT2D eigenvalue weighted by molar-refractivity contribution is 0.439. The number of thiocarbonyl (C=S) groups is 1. The van der Waals surface area contributed by atoms with Crippen LogP contribution in [0.3, 0.4) is 0 Å². The molecule has 31 heavy (non-hydrogen) atoms. The van der Waals surface area contributed by atoms with Gasteiger partial charge in [-0.15, -0.1) is 0 Å². The largest absolute Gasteiger partial charge is 0.459 e. The van der Waals surface area contributed by atoms with Crippen molar-refractivity contribution >= 4 is 34.6 Å². The SMILES string of the molecule is Fc1ccc(-c2ccc([C@@H]3[C@H](c4ccccn4)NC(=S)N3c3ccc(Cl)cc3)o2)cc1. The predicted octanol–water partition coefficient (Wildman–Crippen LogP) is 6.31. The molecule has 0 unspecified atom stereocenters. The normalized spacial score (nSPS) is 18.3. The summed E-state index contributed by atoms with van der Waals surface area (Å²) in [4.78, 5) is 6.55. The lowest BCUT2D eigenvalue weighted by Crippen LogP contribution is -2.29. The van der Waals surface area contributed by atoms with Gasteiger partial charge in [0.25, 0.3) is 0 Å². The fourth-order valence-electron chi connectivity index (χ4n) is 3.80.